The Balaban J connectivity index is 0.000000240. The van der Waals surface area contributed by atoms with Crippen LogP contribution in [-0.4, -0.2) is 11.9 Å². The molecule has 2 aromatic rings. The first kappa shape index (κ1) is 17.1. The second-order valence-corrected chi connectivity index (χ2v) is 6.13. The molecule has 2 rings (SSSR count). The first-order valence-corrected chi connectivity index (χ1v) is 7.92. The third-order valence-electron chi connectivity index (χ3n) is 2.45. The lowest BCUT2D eigenvalue weighted by Gasteiger charge is -2.02. The van der Waals surface area contributed by atoms with E-state index in [1.807, 2.05) is 13.8 Å². The molecule has 0 aromatic heterocycles. The Morgan fingerprint density at radius 3 is 1.71 bits per heavy atom. The van der Waals surface area contributed by atoms with Crippen LogP contribution in [0.3, 0.4) is 0 Å². The fourth-order valence-corrected chi connectivity index (χ4v) is 2.60. The Kier molecular flexibility index (Phi) is 8.08. The zero-order valence-electron chi connectivity index (χ0n) is 12.5. The highest BCUT2D eigenvalue weighted by Crippen LogP contribution is 2.08. The van der Waals surface area contributed by atoms with Gasteiger partial charge in [0.2, 0.25) is 5.91 Å². The van der Waals surface area contributed by atoms with Crippen LogP contribution in [0.1, 0.15) is 13.8 Å². The summed E-state index contributed by atoms with van der Waals surface area (Å²) < 4.78 is 0. The summed E-state index contributed by atoms with van der Waals surface area (Å²) >= 11 is 0. The summed E-state index contributed by atoms with van der Waals surface area (Å²) in [5, 5.41) is 5.43. The molecule has 0 aliphatic rings. The first-order chi connectivity index (χ1) is 10.1. The van der Waals surface area contributed by atoms with Gasteiger partial charge < -0.3 is 5.32 Å². The van der Waals surface area contributed by atoms with Crippen molar-refractivity contribution in [1.29, 1.82) is 0 Å². The number of rotatable bonds is 4. The zero-order valence-corrected chi connectivity index (χ0v) is 13.5. The van der Waals surface area contributed by atoms with Crippen molar-refractivity contribution in [3.8, 4) is 0 Å². The van der Waals surface area contributed by atoms with Crippen LogP contribution in [0.15, 0.2) is 73.3 Å². The van der Waals surface area contributed by atoms with E-state index in [1.54, 1.807) is 0 Å². The zero-order chi connectivity index (χ0) is 15.5. The molecule has 0 atom stereocenters. The quantitative estimate of drug-likeness (QED) is 0.682. The van der Waals surface area contributed by atoms with Crippen LogP contribution in [0.5, 0.6) is 0 Å². The number of carbonyl (C=O) groups is 1. The molecule has 0 fully saturated rings. The van der Waals surface area contributed by atoms with E-state index >= 15 is 0 Å². The van der Waals surface area contributed by atoms with Gasteiger partial charge in [-0.15, -0.1) is 0 Å². The van der Waals surface area contributed by atoms with E-state index in [-0.39, 0.29) is 11.9 Å². The van der Waals surface area contributed by atoms with E-state index in [9.17, 15) is 4.79 Å². The average molecular weight is 299 g/mol. The Morgan fingerprint density at radius 1 is 1.00 bits per heavy atom. The smallest absolute Gasteiger partial charge is 0.243 e. The van der Waals surface area contributed by atoms with Gasteiger partial charge in [-0.3, -0.25) is 4.79 Å². The molecule has 110 valence electrons. The van der Waals surface area contributed by atoms with E-state index in [0.717, 1.165) is 8.58 Å². The number of carbonyl (C=O) groups excluding carboxylic acids is 1. The third-order valence-corrected chi connectivity index (χ3v) is 3.70. The van der Waals surface area contributed by atoms with Gasteiger partial charge in [0.05, 0.1) is 0 Å². The topological polar surface area (TPSA) is 29.1 Å². The highest BCUT2D eigenvalue weighted by Gasteiger charge is 1.94. The maximum absolute atomic E-state index is 10.4. The minimum Gasteiger partial charge on any atom is -0.350 e. The predicted octanol–water partition coefficient (Wildman–Crippen LogP) is 3.01. The van der Waals surface area contributed by atoms with Gasteiger partial charge in [-0.2, -0.15) is 0 Å². The molecule has 0 aliphatic carbocycles. The SMILES string of the molecule is C=CC(=O)NC(C)C.c1ccc(Pc2ccccc2)cc1. The molecule has 2 aromatic carbocycles. The number of nitrogens with one attached hydrogen (secondary N) is 1. The van der Waals surface area contributed by atoms with Gasteiger partial charge in [0, 0.05) is 6.04 Å². The molecule has 0 bridgehead atoms. The van der Waals surface area contributed by atoms with Crippen LogP contribution in [0, 0.1) is 0 Å². The van der Waals surface area contributed by atoms with Crippen molar-refractivity contribution in [3.05, 3.63) is 73.3 Å². The molecule has 0 spiro atoms. The van der Waals surface area contributed by atoms with Gasteiger partial charge >= 0.3 is 0 Å². The fraction of sp³-hybridized carbons (Fsp3) is 0.167. The van der Waals surface area contributed by atoms with Gasteiger partial charge in [-0.25, -0.2) is 0 Å². The molecule has 1 N–H and O–H groups in total. The second-order valence-electron chi connectivity index (χ2n) is 4.72. The Hall–Kier alpha value is -1.92. The lowest BCUT2D eigenvalue weighted by Crippen LogP contribution is -2.27. The van der Waals surface area contributed by atoms with E-state index in [1.165, 1.54) is 16.7 Å². The maximum Gasteiger partial charge on any atom is 0.243 e. The minimum atomic E-state index is -0.111. The molecule has 1 amide bonds. The summed E-state index contributed by atoms with van der Waals surface area (Å²) in [5.74, 6) is -0.111. The molecular weight excluding hydrogens is 277 g/mol. The second kappa shape index (κ2) is 9.90. The number of amides is 1. The maximum atomic E-state index is 10.4. The largest absolute Gasteiger partial charge is 0.350 e. The molecule has 0 unspecified atom stereocenters. The molecule has 0 saturated carbocycles. The fourth-order valence-electron chi connectivity index (χ4n) is 1.55. The molecule has 21 heavy (non-hydrogen) atoms. The molecular formula is C18H22NOP. The molecule has 3 heteroatoms. The highest BCUT2D eigenvalue weighted by molar-refractivity contribution is 7.55. The van der Waals surface area contributed by atoms with Gasteiger partial charge in [0.1, 0.15) is 0 Å². The number of benzene rings is 2. The standard InChI is InChI=1S/C12H11P.C6H11NO/c1-3-7-11(8-4-1)13-12-9-5-2-6-10-12;1-4-6(8)7-5(2)3/h1-10,13H;4-5H,1H2,2-3H3,(H,7,8). The van der Waals surface area contributed by atoms with Crippen molar-refractivity contribution in [2.45, 2.75) is 19.9 Å². The molecule has 0 saturated heterocycles. The van der Waals surface area contributed by atoms with Crippen LogP contribution in [0.25, 0.3) is 0 Å². The van der Waals surface area contributed by atoms with Gasteiger partial charge in [0.15, 0.2) is 0 Å². The summed E-state index contributed by atoms with van der Waals surface area (Å²) in [6.07, 6.45) is 1.26. The van der Waals surface area contributed by atoms with Gasteiger partial charge in [-0.1, -0.05) is 75.8 Å². The Labute approximate surface area is 129 Å². The molecule has 0 radical (unpaired) electrons. The van der Waals surface area contributed by atoms with E-state index in [4.69, 9.17) is 0 Å². The Bertz CT molecular complexity index is 500. The third kappa shape index (κ3) is 8.06. The van der Waals surface area contributed by atoms with Crippen molar-refractivity contribution >= 4 is 25.1 Å². The lowest BCUT2D eigenvalue weighted by atomic mass is 10.4. The van der Waals surface area contributed by atoms with Gasteiger partial charge in [0.25, 0.3) is 0 Å². The van der Waals surface area contributed by atoms with Crippen molar-refractivity contribution in [2.75, 3.05) is 0 Å². The van der Waals surface area contributed by atoms with Crippen molar-refractivity contribution in [3.63, 3.8) is 0 Å². The van der Waals surface area contributed by atoms with Crippen molar-refractivity contribution in [1.82, 2.24) is 5.32 Å². The monoisotopic (exact) mass is 299 g/mol. The summed E-state index contributed by atoms with van der Waals surface area (Å²) in [6, 6.07) is 21.4. The van der Waals surface area contributed by atoms with E-state index < -0.39 is 0 Å². The van der Waals surface area contributed by atoms with Crippen LogP contribution < -0.4 is 15.9 Å². The van der Waals surface area contributed by atoms with Crippen LogP contribution in [-0.2, 0) is 4.79 Å². The minimum absolute atomic E-state index is 0.111. The molecule has 0 heterocycles. The van der Waals surface area contributed by atoms with Gasteiger partial charge in [-0.05, 0) is 30.5 Å². The summed E-state index contributed by atoms with van der Waals surface area (Å²) in [4.78, 5) is 10.4. The lowest BCUT2D eigenvalue weighted by molar-refractivity contribution is -0.116. The Morgan fingerprint density at radius 2 is 1.43 bits per heavy atom. The highest BCUT2D eigenvalue weighted by atomic mass is 31.1. The predicted molar refractivity (Wildman–Crippen MR) is 93.9 cm³/mol. The number of hydrogen-bond acceptors (Lipinski definition) is 1. The molecule has 0 aliphatic heterocycles. The van der Waals surface area contributed by atoms with Crippen LogP contribution in [0.2, 0.25) is 0 Å². The van der Waals surface area contributed by atoms with Crippen molar-refractivity contribution < 1.29 is 4.79 Å². The van der Waals surface area contributed by atoms with Crippen LogP contribution in [0.4, 0.5) is 0 Å². The van der Waals surface area contributed by atoms with Crippen molar-refractivity contribution in [2.24, 2.45) is 0 Å². The van der Waals surface area contributed by atoms with E-state index in [0.29, 0.717) is 0 Å². The van der Waals surface area contributed by atoms with Crippen LogP contribution >= 0.6 is 8.58 Å². The summed E-state index contributed by atoms with van der Waals surface area (Å²) in [7, 11) is 0.777. The normalized spacial score (nSPS) is 9.48. The first-order valence-electron chi connectivity index (χ1n) is 6.92. The van der Waals surface area contributed by atoms with E-state index in [2.05, 4.69) is 72.6 Å². The molecule has 2 nitrogen and oxygen atoms in total. The summed E-state index contributed by atoms with van der Waals surface area (Å²) in [5.41, 5.74) is 0. The average Bonchev–Trinajstić information content (AvgIpc) is 2.49. The number of hydrogen-bond donors (Lipinski definition) is 1. The summed E-state index contributed by atoms with van der Waals surface area (Å²) in [6.45, 7) is 7.11.